The van der Waals surface area contributed by atoms with Crippen LogP contribution in [0.5, 0.6) is 0 Å². The number of halogens is 2. The minimum absolute atomic E-state index is 0.0214. The monoisotopic (exact) mass is 445 g/mol. The maximum Gasteiger partial charge on any atom is 0.229 e. The molecular weight excluding hydrogens is 417 g/mol. The van der Waals surface area contributed by atoms with Crippen LogP contribution in [0.3, 0.4) is 0 Å². The minimum atomic E-state index is -0.597. The van der Waals surface area contributed by atoms with Gasteiger partial charge in [-0.2, -0.15) is 0 Å². The summed E-state index contributed by atoms with van der Waals surface area (Å²) in [6, 6.07) is 15.0. The van der Waals surface area contributed by atoms with Crippen LogP contribution < -0.4 is 0 Å². The Kier molecular flexibility index (Phi) is 7.28. The maximum absolute atomic E-state index is 13.8. The zero-order valence-corrected chi connectivity index (χ0v) is 19.0. The topological polar surface area (TPSA) is 40.5 Å². The number of benzene rings is 2. The molecule has 0 spiro atoms. The fourth-order valence-electron chi connectivity index (χ4n) is 4.70. The van der Waals surface area contributed by atoms with E-state index in [1.807, 2.05) is 67.3 Å². The molecule has 2 aromatic carbocycles. The molecule has 1 amide bonds. The van der Waals surface area contributed by atoms with Gasteiger partial charge in [0.1, 0.15) is 0 Å². The van der Waals surface area contributed by atoms with Crippen molar-refractivity contribution in [1.82, 2.24) is 4.90 Å². The molecule has 0 radical (unpaired) electrons. The van der Waals surface area contributed by atoms with E-state index >= 15 is 0 Å². The Morgan fingerprint density at radius 2 is 1.90 bits per heavy atom. The minimum Gasteiger partial charge on any atom is -0.394 e. The van der Waals surface area contributed by atoms with Crippen LogP contribution >= 0.6 is 23.2 Å². The molecule has 0 aliphatic carbocycles. The molecule has 4 atom stereocenters. The molecule has 1 heterocycles. The number of likely N-dealkylation sites (tertiary alicyclic amines) is 1. The first-order chi connectivity index (χ1) is 14.3. The number of aliphatic hydroxyl groups is 1. The second kappa shape index (κ2) is 9.55. The number of amides is 1. The lowest BCUT2D eigenvalue weighted by molar-refractivity contribution is -0.156. The Morgan fingerprint density at radius 3 is 2.47 bits per heavy atom. The molecule has 0 bridgehead atoms. The summed E-state index contributed by atoms with van der Waals surface area (Å²) in [5.74, 6) is 0.0784. The van der Waals surface area contributed by atoms with E-state index in [4.69, 9.17) is 23.2 Å². The van der Waals surface area contributed by atoms with Crippen LogP contribution in [-0.2, 0) is 4.79 Å². The molecule has 1 saturated heterocycles. The fraction of sp³-hybridized carbons (Fsp3) is 0.400. The predicted molar refractivity (Wildman–Crippen MR) is 124 cm³/mol. The highest BCUT2D eigenvalue weighted by Gasteiger charge is 2.50. The number of hydrogen-bond acceptors (Lipinski definition) is 2. The van der Waals surface area contributed by atoms with Crippen molar-refractivity contribution in [1.29, 1.82) is 0 Å². The highest BCUT2D eigenvalue weighted by atomic mass is 35.5. The first-order valence-electron chi connectivity index (χ1n) is 10.4. The van der Waals surface area contributed by atoms with Crippen LogP contribution in [0.25, 0.3) is 0 Å². The Balaban J connectivity index is 2.22. The first kappa shape index (κ1) is 22.9. The molecule has 30 heavy (non-hydrogen) atoms. The van der Waals surface area contributed by atoms with Gasteiger partial charge < -0.3 is 10.0 Å². The van der Waals surface area contributed by atoms with Gasteiger partial charge in [0.15, 0.2) is 0 Å². The molecule has 1 unspecified atom stereocenters. The van der Waals surface area contributed by atoms with Gasteiger partial charge in [-0.3, -0.25) is 4.79 Å². The third-order valence-corrected chi connectivity index (χ3v) is 6.75. The van der Waals surface area contributed by atoms with Gasteiger partial charge >= 0.3 is 0 Å². The van der Waals surface area contributed by atoms with Gasteiger partial charge in [-0.1, -0.05) is 67.4 Å². The normalized spacial score (nSPS) is 25.2. The molecule has 3 rings (SSSR count). The van der Waals surface area contributed by atoms with Gasteiger partial charge in [0.05, 0.1) is 24.1 Å². The van der Waals surface area contributed by atoms with E-state index in [2.05, 4.69) is 12.6 Å². The average Bonchev–Trinajstić information content (AvgIpc) is 2.73. The van der Waals surface area contributed by atoms with Gasteiger partial charge in [0.25, 0.3) is 0 Å². The van der Waals surface area contributed by atoms with E-state index in [0.717, 1.165) is 11.1 Å². The highest BCUT2D eigenvalue weighted by Crippen LogP contribution is 2.52. The summed E-state index contributed by atoms with van der Waals surface area (Å²) in [7, 11) is 0. The summed E-state index contributed by atoms with van der Waals surface area (Å²) < 4.78 is 0. The van der Waals surface area contributed by atoms with Crippen LogP contribution in [-0.4, -0.2) is 28.6 Å². The fourth-order valence-corrected chi connectivity index (χ4v) is 5.03. The maximum atomic E-state index is 13.8. The Labute approximate surface area is 189 Å². The number of carbonyl (C=O) groups excluding carboxylic acids is 1. The van der Waals surface area contributed by atoms with Crippen molar-refractivity contribution < 1.29 is 9.90 Å². The summed E-state index contributed by atoms with van der Waals surface area (Å²) in [5, 5.41) is 11.5. The van der Waals surface area contributed by atoms with Crippen molar-refractivity contribution in [3.05, 3.63) is 82.4 Å². The smallest absolute Gasteiger partial charge is 0.229 e. The Bertz CT molecular complexity index is 894. The summed E-state index contributed by atoms with van der Waals surface area (Å²) >= 11 is 12.5. The molecule has 1 N–H and O–H groups in total. The van der Waals surface area contributed by atoms with E-state index in [-0.39, 0.29) is 30.5 Å². The van der Waals surface area contributed by atoms with E-state index in [1.165, 1.54) is 0 Å². The summed E-state index contributed by atoms with van der Waals surface area (Å²) in [5.41, 5.74) is 1.49. The lowest BCUT2D eigenvalue weighted by Crippen LogP contribution is -2.56. The summed E-state index contributed by atoms with van der Waals surface area (Å²) in [4.78, 5) is 15.7. The lowest BCUT2D eigenvalue weighted by atomic mass is 9.67. The third kappa shape index (κ3) is 4.44. The van der Waals surface area contributed by atoms with E-state index in [1.54, 1.807) is 0 Å². The molecule has 1 aliphatic rings. The van der Waals surface area contributed by atoms with Gasteiger partial charge in [-0.25, -0.2) is 0 Å². The zero-order chi connectivity index (χ0) is 21.9. The van der Waals surface area contributed by atoms with Crippen molar-refractivity contribution in [3.8, 4) is 0 Å². The van der Waals surface area contributed by atoms with Crippen molar-refractivity contribution >= 4 is 29.1 Å². The molecule has 0 aromatic heterocycles. The number of aliphatic hydroxyl groups excluding tert-OH is 1. The van der Waals surface area contributed by atoms with Crippen molar-refractivity contribution in [2.24, 2.45) is 5.41 Å². The number of carbonyl (C=O) groups is 1. The van der Waals surface area contributed by atoms with Crippen molar-refractivity contribution in [2.45, 2.75) is 51.1 Å². The van der Waals surface area contributed by atoms with Gasteiger partial charge in [0, 0.05) is 16.0 Å². The molecule has 1 aliphatic heterocycles. The van der Waals surface area contributed by atoms with E-state index in [0.29, 0.717) is 29.3 Å². The van der Waals surface area contributed by atoms with Crippen LogP contribution in [0.2, 0.25) is 10.0 Å². The molecule has 0 saturated carbocycles. The number of allylic oxidation sites excluding steroid dienone is 1. The number of nitrogens with zero attached hydrogens (tertiary/aromatic N) is 1. The highest BCUT2D eigenvalue weighted by molar-refractivity contribution is 6.30. The van der Waals surface area contributed by atoms with Crippen LogP contribution in [0.4, 0.5) is 0 Å². The first-order valence-corrected chi connectivity index (χ1v) is 11.2. The molecule has 3 nitrogen and oxygen atoms in total. The van der Waals surface area contributed by atoms with Gasteiger partial charge in [-0.05, 0) is 54.7 Å². The van der Waals surface area contributed by atoms with Crippen LogP contribution in [0.1, 0.15) is 56.2 Å². The average molecular weight is 446 g/mol. The predicted octanol–water partition coefficient (Wildman–Crippen LogP) is 6.40. The summed E-state index contributed by atoms with van der Waals surface area (Å²) in [6.45, 7) is 7.81. The molecular formula is C25H29Cl2NO2. The standard InChI is InChI=1S/C25H29Cl2NO2/c1-4-13-25(3)15-22(18-7-6-8-20(27)14-18)23(17-9-11-19(26)12-10-17)28(24(25)30)21(5-2)16-29/h4,6-12,14,21-23,29H,1,5,13,15-16H2,2-3H3/t21-,22?,23+,25-/m0/s1. The van der Waals surface area contributed by atoms with Crippen molar-refractivity contribution in [3.63, 3.8) is 0 Å². The second-order valence-corrected chi connectivity index (χ2v) is 9.25. The quantitative estimate of drug-likeness (QED) is 0.500. The molecule has 160 valence electrons. The second-order valence-electron chi connectivity index (χ2n) is 8.37. The van der Waals surface area contributed by atoms with Gasteiger partial charge in [0.2, 0.25) is 5.91 Å². The van der Waals surface area contributed by atoms with E-state index < -0.39 is 5.41 Å². The molecule has 1 fully saturated rings. The van der Waals surface area contributed by atoms with Crippen molar-refractivity contribution in [2.75, 3.05) is 6.61 Å². The Morgan fingerprint density at radius 1 is 1.20 bits per heavy atom. The number of rotatable bonds is 7. The van der Waals surface area contributed by atoms with Gasteiger partial charge in [-0.15, -0.1) is 6.58 Å². The largest absolute Gasteiger partial charge is 0.394 e. The lowest BCUT2D eigenvalue weighted by Gasteiger charge is -2.51. The van der Waals surface area contributed by atoms with E-state index in [9.17, 15) is 9.90 Å². The van der Waals surface area contributed by atoms with Crippen LogP contribution in [0, 0.1) is 5.41 Å². The molecule has 2 aromatic rings. The number of piperidine rings is 1. The Hall–Kier alpha value is -1.81. The molecule has 5 heteroatoms. The summed E-state index contributed by atoms with van der Waals surface area (Å²) in [6.07, 6.45) is 3.73. The number of hydrogen-bond donors (Lipinski definition) is 1. The van der Waals surface area contributed by atoms with Crippen LogP contribution in [0.15, 0.2) is 61.2 Å². The zero-order valence-electron chi connectivity index (χ0n) is 17.5. The SMILES string of the molecule is C=CC[C@@]1(C)CC(c2cccc(Cl)c2)[C@@H](c2ccc(Cl)cc2)N([C@@H](CC)CO)C1=O. The third-order valence-electron chi connectivity index (χ3n) is 6.26.